The lowest BCUT2D eigenvalue weighted by Crippen LogP contribution is -2.13. The average molecular weight is 281 g/mol. The summed E-state index contributed by atoms with van der Waals surface area (Å²) in [7, 11) is 0. The second kappa shape index (κ2) is 4.36. The lowest BCUT2D eigenvalue weighted by atomic mass is 10.1. The van der Waals surface area contributed by atoms with Crippen LogP contribution in [0.1, 0.15) is 11.4 Å². The average Bonchev–Trinajstić information content (AvgIpc) is 2.84. The molecule has 1 aromatic heterocycles. The number of anilines is 1. The molecule has 1 aromatic carbocycles. The van der Waals surface area contributed by atoms with Gasteiger partial charge in [-0.3, -0.25) is 0 Å². The van der Waals surface area contributed by atoms with E-state index < -0.39 is 12.0 Å². The van der Waals surface area contributed by atoms with Gasteiger partial charge in [-0.25, -0.2) is 9.97 Å². The Bertz CT molecular complexity index is 670. The van der Waals surface area contributed by atoms with E-state index in [2.05, 4.69) is 9.97 Å². The summed E-state index contributed by atoms with van der Waals surface area (Å²) in [6.45, 7) is 0.513. The van der Waals surface area contributed by atoms with E-state index in [1.165, 1.54) is 6.07 Å². The van der Waals surface area contributed by atoms with Crippen LogP contribution in [0.15, 0.2) is 24.3 Å². The van der Waals surface area contributed by atoms with E-state index in [4.69, 9.17) is 10.5 Å². The smallest absolute Gasteiger partial charge is 0.451 e. The van der Waals surface area contributed by atoms with Crippen molar-refractivity contribution in [3.63, 3.8) is 0 Å². The number of para-hydroxylation sites is 1. The molecule has 0 amide bonds. The first-order valence-corrected chi connectivity index (χ1v) is 5.92. The Kier molecular flexibility index (Phi) is 2.77. The summed E-state index contributed by atoms with van der Waals surface area (Å²) in [6.07, 6.45) is -3.90. The second-order valence-electron chi connectivity index (χ2n) is 4.39. The maximum atomic E-state index is 12.7. The monoisotopic (exact) mass is 281 g/mol. The van der Waals surface area contributed by atoms with Crippen molar-refractivity contribution in [3.05, 3.63) is 35.7 Å². The van der Waals surface area contributed by atoms with Crippen LogP contribution in [0.2, 0.25) is 0 Å². The van der Waals surface area contributed by atoms with Crippen molar-refractivity contribution in [1.29, 1.82) is 0 Å². The molecule has 20 heavy (non-hydrogen) atoms. The summed E-state index contributed by atoms with van der Waals surface area (Å²) < 4.78 is 43.6. The highest BCUT2D eigenvalue weighted by atomic mass is 19.4. The number of alkyl halides is 3. The Morgan fingerprint density at radius 3 is 2.75 bits per heavy atom. The standard InChI is InChI=1S/C13H10F3N3O/c14-13(15,16)12-18-9(6-10(17)19-12)8-3-1-2-7-4-5-20-11(7)8/h1-3,6H,4-5H2,(H2,17,18,19). The number of aromatic nitrogens is 2. The van der Waals surface area contributed by atoms with Gasteiger partial charge in [0.2, 0.25) is 5.82 Å². The normalized spacial score (nSPS) is 13.9. The highest BCUT2D eigenvalue weighted by Crippen LogP contribution is 2.37. The molecule has 2 N–H and O–H groups in total. The predicted molar refractivity (Wildman–Crippen MR) is 66.1 cm³/mol. The number of halogens is 3. The highest BCUT2D eigenvalue weighted by Gasteiger charge is 2.35. The van der Waals surface area contributed by atoms with Gasteiger partial charge in [0.1, 0.15) is 11.6 Å². The minimum Gasteiger partial charge on any atom is -0.492 e. The van der Waals surface area contributed by atoms with E-state index in [0.717, 1.165) is 12.0 Å². The Labute approximate surface area is 112 Å². The number of ether oxygens (including phenoxy) is 1. The zero-order chi connectivity index (χ0) is 14.3. The molecule has 0 saturated heterocycles. The molecular weight excluding hydrogens is 271 g/mol. The van der Waals surface area contributed by atoms with E-state index >= 15 is 0 Å². The van der Waals surface area contributed by atoms with Crippen LogP contribution in [0.5, 0.6) is 5.75 Å². The van der Waals surface area contributed by atoms with Crippen LogP contribution in [0.25, 0.3) is 11.3 Å². The molecule has 104 valence electrons. The van der Waals surface area contributed by atoms with E-state index in [0.29, 0.717) is 17.9 Å². The quantitative estimate of drug-likeness (QED) is 0.873. The lowest BCUT2D eigenvalue weighted by Gasteiger charge is -2.11. The van der Waals surface area contributed by atoms with Crippen LogP contribution in [0.3, 0.4) is 0 Å². The fraction of sp³-hybridized carbons (Fsp3) is 0.231. The molecule has 4 nitrogen and oxygen atoms in total. The Balaban J connectivity index is 2.16. The van der Waals surface area contributed by atoms with Crippen LogP contribution in [-0.4, -0.2) is 16.6 Å². The molecular formula is C13H10F3N3O. The summed E-state index contributed by atoms with van der Waals surface area (Å²) >= 11 is 0. The molecule has 0 bridgehead atoms. The van der Waals surface area contributed by atoms with E-state index in [9.17, 15) is 13.2 Å². The molecule has 0 aliphatic carbocycles. The molecule has 7 heteroatoms. The number of rotatable bonds is 1. The van der Waals surface area contributed by atoms with Crippen molar-refractivity contribution in [2.45, 2.75) is 12.6 Å². The SMILES string of the molecule is Nc1cc(-c2cccc3c2OCC3)nc(C(F)(F)F)n1. The Morgan fingerprint density at radius 2 is 2.00 bits per heavy atom. The largest absolute Gasteiger partial charge is 0.492 e. The first kappa shape index (κ1) is 12.7. The number of hydrogen-bond donors (Lipinski definition) is 1. The Hall–Kier alpha value is -2.31. The molecule has 1 aliphatic rings. The van der Waals surface area contributed by atoms with Crippen molar-refractivity contribution in [2.24, 2.45) is 0 Å². The van der Waals surface area contributed by atoms with E-state index in [1.807, 2.05) is 6.07 Å². The molecule has 3 rings (SSSR count). The summed E-state index contributed by atoms with van der Waals surface area (Å²) in [6, 6.07) is 6.61. The van der Waals surface area contributed by atoms with Gasteiger partial charge in [0.15, 0.2) is 0 Å². The number of nitrogen functional groups attached to an aromatic ring is 1. The third-order valence-electron chi connectivity index (χ3n) is 2.99. The lowest BCUT2D eigenvalue weighted by molar-refractivity contribution is -0.144. The maximum absolute atomic E-state index is 12.7. The third-order valence-corrected chi connectivity index (χ3v) is 2.99. The predicted octanol–water partition coefficient (Wildman–Crippen LogP) is 2.68. The van der Waals surface area contributed by atoms with Crippen molar-refractivity contribution >= 4 is 5.82 Å². The number of nitrogens with two attached hydrogens (primary N) is 1. The molecule has 0 saturated carbocycles. The van der Waals surface area contributed by atoms with E-state index in [-0.39, 0.29) is 11.5 Å². The van der Waals surface area contributed by atoms with Crippen LogP contribution in [0, 0.1) is 0 Å². The molecule has 0 radical (unpaired) electrons. The van der Waals surface area contributed by atoms with Gasteiger partial charge in [0, 0.05) is 18.1 Å². The van der Waals surface area contributed by atoms with Gasteiger partial charge in [0.05, 0.1) is 12.3 Å². The molecule has 1 aliphatic heterocycles. The van der Waals surface area contributed by atoms with Gasteiger partial charge in [-0.15, -0.1) is 0 Å². The molecule has 2 aromatic rings. The summed E-state index contributed by atoms with van der Waals surface area (Å²) in [4.78, 5) is 6.78. The molecule has 0 atom stereocenters. The fourth-order valence-electron chi connectivity index (χ4n) is 2.15. The minimum atomic E-state index is -4.64. The number of benzene rings is 1. The minimum absolute atomic E-state index is 0.114. The second-order valence-corrected chi connectivity index (χ2v) is 4.39. The van der Waals surface area contributed by atoms with Crippen molar-refractivity contribution in [1.82, 2.24) is 9.97 Å². The van der Waals surface area contributed by atoms with Crippen LogP contribution in [0.4, 0.5) is 19.0 Å². The van der Waals surface area contributed by atoms with Gasteiger partial charge in [-0.05, 0) is 11.6 Å². The van der Waals surface area contributed by atoms with Gasteiger partial charge in [-0.2, -0.15) is 13.2 Å². The van der Waals surface area contributed by atoms with Crippen molar-refractivity contribution < 1.29 is 17.9 Å². The molecule has 2 heterocycles. The molecule has 0 unspecified atom stereocenters. The maximum Gasteiger partial charge on any atom is 0.451 e. The van der Waals surface area contributed by atoms with Crippen LogP contribution in [-0.2, 0) is 12.6 Å². The number of hydrogen-bond acceptors (Lipinski definition) is 4. The van der Waals surface area contributed by atoms with Crippen LogP contribution >= 0.6 is 0 Å². The summed E-state index contributed by atoms with van der Waals surface area (Å²) in [5.74, 6) is -0.903. The number of nitrogens with zero attached hydrogens (tertiary/aromatic N) is 2. The van der Waals surface area contributed by atoms with Crippen LogP contribution < -0.4 is 10.5 Å². The third kappa shape index (κ3) is 2.15. The topological polar surface area (TPSA) is 61.0 Å². The van der Waals surface area contributed by atoms with E-state index in [1.54, 1.807) is 12.1 Å². The molecule has 0 fully saturated rings. The first-order chi connectivity index (χ1) is 9.45. The van der Waals surface area contributed by atoms with Crippen molar-refractivity contribution in [2.75, 3.05) is 12.3 Å². The zero-order valence-corrected chi connectivity index (χ0v) is 10.2. The summed E-state index contributed by atoms with van der Waals surface area (Å²) in [5.41, 5.74) is 7.01. The van der Waals surface area contributed by atoms with Gasteiger partial charge in [-0.1, -0.05) is 12.1 Å². The Morgan fingerprint density at radius 1 is 1.20 bits per heavy atom. The van der Waals surface area contributed by atoms with Gasteiger partial charge in [0.25, 0.3) is 0 Å². The van der Waals surface area contributed by atoms with Crippen molar-refractivity contribution in [3.8, 4) is 17.0 Å². The molecule has 0 spiro atoms. The summed E-state index contributed by atoms with van der Waals surface area (Å²) in [5, 5.41) is 0. The zero-order valence-electron chi connectivity index (χ0n) is 10.2. The first-order valence-electron chi connectivity index (χ1n) is 5.92. The number of fused-ring (bicyclic) bond motifs is 1. The highest BCUT2D eigenvalue weighted by molar-refractivity contribution is 5.71. The van der Waals surface area contributed by atoms with Gasteiger partial charge < -0.3 is 10.5 Å². The fourth-order valence-corrected chi connectivity index (χ4v) is 2.15. The van der Waals surface area contributed by atoms with Gasteiger partial charge >= 0.3 is 6.18 Å².